The van der Waals surface area contributed by atoms with Gasteiger partial charge in [0.05, 0.1) is 12.2 Å². The van der Waals surface area contributed by atoms with Crippen LogP contribution in [0.3, 0.4) is 0 Å². The van der Waals surface area contributed by atoms with Crippen LogP contribution in [0.5, 0.6) is 0 Å². The zero-order valence-electron chi connectivity index (χ0n) is 8.89. The summed E-state index contributed by atoms with van der Waals surface area (Å²) in [5.41, 5.74) is 0.687. The number of carbonyl (C=O) groups is 1. The molecule has 0 spiro atoms. The molecule has 0 bridgehead atoms. The van der Waals surface area contributed by atoms with Gasteiger partial charge >= 0.3 is 0 Å². The number of hydrogen-bond donors (Lipinski definition) is 0. The van der Waals surface area contributed by atoms with Crippen molar-refractivity contribution < 1.29 is 9.53 Å². The van der Waals surface area contributed by atoms with E-state index in [2.05, 4.69) is 0 Å². The molecule has 0 aliphatic rings. The van der Waals surface area contributed by atoms with Crippen molar-refractivity contribution in [3.05, 3.63) is 23.5 Å². The van der Waals surface area contributed by atoms with Gasteiger partial charge in [0.25, 0.3) is 0 Å². The quantitative estimate of drug-likeness (QED) is 0.371. The van der Waals surface area contributed by atoms with Crippen molar-refractivity contribution in [1.82, 2.24) is 0 Å². The van der Waals surface area contributed by atoms with E-state index in [1.807, 2.05) is 32.9 Å². The van der Waals surface area contributed by atoms with Gasteiger partial charge in [-0.1, -0.05) is 13.0 Å². The van der Waals surface area contributed by atoms with E-state index in [1.54, 1.807) is 6.92 Å². The topological polar surface area (TPSA) is 26.3 Å². The van der Waals surface area contributed by atoms with Crippen LogP contribution >= 0.6 is 0 Å². The molecule has 74 valence electrons. The van der Waals surface area contributed by atoms with E-state index >= 15 is 0 Å². The van der Waals surface area contributed by atoms with Crippen LogP contribution in [0, 0.1) is 0 Å². The van der Waals surface area contributed by atoms with Crippen LogP contribution < -0.4 is 0 Å². The zero-order chi connectivity index (χ0) is 10.3. The first kappa shape index (κ1) is 11.9. The van der Waals surface area contributed by atoms with Gasteiger partial charge in [0.1, 0.15) is 5.76 Å². The molecular formula is C11H18O2. The lowest BCUT2D eigenvalue weighted by Gasteiger charge is -2.09. The Morgan fingerprint density at radius 1 is 1.38 bits per heavy atom. The number of rotatable bonds is 5. The fraction of sp³-hybridized carbons (Fsp3) is 0.545. The van der Waals surface area contributed by atoms with Gasteiger partial charge in [0.15, 0.2) is 5.78 Å². The molecule has 0 aromatic carbocycles. The number of allylic oxidation sites excluding steroid dienone is 3. The molecule has 0 rings (SSSR count). The smallest absolute Gasteiger partial charge is 0.163 e. The Hall–Kier alpha value is -1.05. The predicted molar refractivity (Wildman–Crippen MR) is 54.4 cm³/mol. The number of hydrogen-bond acceptors (Lipinski definition) is 2. The Bertz CT molecular complexity index is 224. The molecule has 0 aliphatic carbocycles. The second-order valence-corrected chi connectivity index (χ2v) is 2.67. The highest BCUT2D eigenvalue weighted by Gasteiger charge is 2.09. The largest absolute Gasteiger partial charge is 0.493 e. The molecule has 0 amide bonds. The fourth-order valence-electron chi connectivity index (χ4n) is 1.09. The fourth-order valence-corrected chi connectivity index (χ4v) is 1.09. The Kier molecular flexibility index (Phi) is 5.94. The molecule has 0 unspecified atom stereocenters. The van der Waals surface area contributed by atoms with E-state index in [0.717, 1.165) is 6.42 Å². The van der Waals surface area contributed by atoms with Gasteiger partial charge < -0.3 is 4.74 Å². The Balaban J connectivity index is 4.71. The van der Waals surface area contributed by atoms with Crippen LogP contribution in [0.15, 0.2) is 23.5 Å². The lowest BCUT2D eigenvalue weighted by molar-refractivity contribution is -0.113. The molecule has 0 heterocycles. The molecule has 0 saturated heterocycles. The van der Waals surface area contributed by atoms with E-state index in [1.165, 1.54) is 0 Å². The van der Waals surface area contributed by atoms with Crippen molar-refractivity contribution in [2.45, 2.75) is 34.1 Å². The summed E-state index contributed by atoms with van der Waals surface area (Å²) in [5.74, 6) is 0.750. The van der Waals surface area contributed by atoms with Crippen molar-refractivity contribution in [1.29, 1.82) is 0 Å². The highest BCUT2D eigenvalue weighted by molar-refractivity contribution is 5.97. The molecular weight excluding hydrogens is 164 g/mol. The van der Waals surface area contributed by atoms with Crippen molar-refractivity contribution >= 4 is 5.78 Å². The minimum Gasteiger partial charge on any atom is -0.493 e. The van der Waals surface area contributed by atoms with Gasteiger partial charge in [-0.2, -0.15) is 0 Å². The monoisotopic (exact) mass is 182 g/mol. The predicted octanol–water partition coefficient (Wildman–Crippen LogP) is 2.85. The average Bonchev–Trinajstić information content (AvgIpc) is 2.10. The minimum absolute atomic E-state index is 0.0587. The first-order valence-electron chi connectivity index (χ1n) is 4.67. The van der Waals surface area contributed by atoms with E-state index in [0.29, 0.717) is 17.9 Å². The molecule has 0 aliphatic heterocycles. The van der Waals surface area contributed by atoms with E-state index in [4.69, 9.17) is 4.74 Å². The number of Topliss-reactive ketones (excluding diaryl/α,β-unsaturated/α-hetero) is 1. The van der Waals surface area contributed by atoms with Crippen LogP contribution in [-0.4, -0.2) is 12.4 Å². The van der Waals surface area contributed by atoms with Gasteiger partial charge in [-0.25, -0.2) is 0 Å². The van der Waals surface area contributed by atoms with Crippen molar-refractivity contribution in [2.24, 2.45) is 0 Å². The molecule has 13 heavy (non-hydrogen) atoms. The third-order valence-electron chi connectivity index (χ3n) is 1.62. The second kappa shape index (κ2) is 6.46. The molecule has 0 N–H and O–H groups in total. The maximum atomic E-state index is 11.2. The van der Waals surface area contributed by atoms with Gasteiger partial charge in [0.2, 0.25) is 0 Å². The third kappa shape index (κ3) is 3.92. The number of ether oxygens (including phenoxy) is 1. The molecule has 2 heteroatoms. The molecule has 2 nitrogen and oxygen atoms in total. The Labute approximate surface area is 80.3 Å². The van der Waals surface area contributed by atoms with E-state index in [-0.39, 0.29) is 5.78 Å². The molecule has 0 aromatic rings. The van der Waals surface area contributed by atoms with Crippen LogP contribution in [0.1, 0.15) is 34.1 Å². The van der Waals surface area contributed by atoms with Gasteiger partial charge in [-0.15, -0.1) is 0 Å². The van der Waals surface area contributed by atoms with Gasteiger partial charge in [0, 0.05) is 0 Å². The Morgan fingerprint density at radius 2 is 2.00 bits per heavy atom. The van der Waals surface area contributed by atoms with Gasteiger partial charge in [-0.05, 0) is 33.3 Å². The van der Waals surface area contributed by atoms with Crippen LogP contribution in [0.2, 0.25) is 0 Å². The maximum Gasteiger partial charge on any atom is 0.163 e. The summed E-state index contributed by atoms with van der Waals surface area (Å²) in [5, 5.41) is 0. The second-order valence-electron chi connectivity index (χ2n) is 2.67. The van der Waals surface area contributed by atoms with E-state index < -0.39 is 0 Å². The maximum absolute atomic E-state index is 11.2. The first-order chi connectivity index (χ1) is 6.17. The summed E-state index contributed by atoms with van der Waals surface area (Å²) in [4.78, 5) is 11.2. The summed E-state index contributed by atoms with van der Waals surface area (Å²) < 4.78 is 5.34. The van der Waals surface area contributed by atoms with E-state index in [9.17, 15) is 4.79 Å². The summed E-state index contributed by atoms with van der Waals surface area (Å²) >= 11 is 0. The van der Waals surface area contributed by atoms with Crippen LogP contribution in [0.25, 0.3) is 0 Å². The summed E-state index contributed by atoms with van der Waals surface area (Å²) in [7, 11) is 0. The number of ketones is 1. The average molecular weight is 182 g/mol. The lowest BCUT2D eigenvalue weighted by Crippen LogP contribution is -2.03. The molecule has 0 radical (unpaired) electrons. The molecule has 0 aromatic heterocycles. The van der Waals surface area contributed by atoms with Crippen molar-refractivity contribution in [2.75, 3.05) is 6.61 Å². The zero-order valence-corrected chi connectivity index (χ0v) is 8.89. The molecule has 0 fully saturated rings. The summed E-state index contributed by atoms with van der Waals surface area (Å²) in [6.07, 6.45) is 4.57. The minimum atomic E-state index is 0.0587. The standard InChI is InChI=1S/C11H18O2/c1-5-8-10(9(4)12)11(6-2)13-7-3/h6,8H,5,7H2,1-4H3/b10-8-,11-6+. The highest BCUT2D eigenvalue weighted by atomic mass is 16.5. The highest BCUT2D eigenvalue weighted by Crippen LogP contribution is 2.13. The SMILES string of the molecule is C/C=C(OCC)\C(=C/CC)C(C)=O. The van der Waals surface area contributed by atoms with Gasteiger partial charge in [-0.3, -0.25) is 4.79 Å². The first-order valence-corrected chi connectivity index (χ1v) is 4.67. The lowest BCUT2D eigenvalue weighted by atomic mass is 10.1. The van der Waals surface area contributed by atoms with Crippen LogP contribution in [0.4, 0.5) is 0 Å². The normalized spacial score (nSPS) is 12.9. The van der Waals surface area contributed by atoms with Crippen molar-refractivity contribution in [3.8, 4) is 0 Å². The molecule has 0 atom stereocenters. The summed E-state index contributed by atoms with van der Waals surface area (Å²) in [6.45, 7) is 7.94. The Morgan fingerprint density at radius 3 is 2.31 bits per heavy atom. The summed E-state index contributed by atoms with van der Waals surface area (Å²) in [6, 6.07) is 0. The van der Waals surface area contributed by atoms with Crippen LogP contribution in [-0.2, 0) is 9.53 Å². The molecule has 0 saturated carbocycles. The third-order valence-corrected chi connectivity index (χ3v) is 1.62. The number of carbonyl (C=O) groups excluding carboxylic acids is 1. The van der Waals surface area contributed by atoms with Crippen molar-refractivity contribution in [3.63, 3.8) is 0 Å².